The van der Waals surface area contributed by atoms with Crippen LogP contribution in [-0.2, 0) is 5.92 Å². The predicted octanol–water partition coefficient (Wildman–Crippen LogP) is 5.52. The van der Waals surface area contributed by atoms with Crippen molar-refractivity contribution in [1.82, 2.24) is 9.97 Å². The van der Waals surface area contributed by atoms with Crippen LogP contribution in [0.2, 0.25) is 0 Å². The summed E-state index contributed by atoms with van der Waals surface area (Å²) < 4.78 is 43.2. The standard InChI is InChI=1S/C24H23F2N3O3/c1-24(25,26)16-8-5-14(6-9-16)18-10-7-15-13-27-23(29-21(15)18)28-17-11-19(30-2)22(32-4)20(12-17)31-3/h5-13,18H,1-4H3,(H,27,28,29). The molecule has 1 aliphatic rings. The minimum absolute atomic E-state index is 0.0177. The maximum atomic E-state index is 13.5. The molecule has 0 aliphatic heterocycles. The topological polar surface area (TPSA) is 65.5 Å². The lowest BCUT2D eigenvalue weighted by atomic mass is 9.95. The van der Waals surface area contributed by atoms with E-state index in [0.717, 1.165) is 23.7 Å². The van der Waals surface area contributed by atoms with Crippen molar-refractivity contribution in [3.63, 3.8) is 0 Å². The molecule has 1 heterocycles. The number of nitrogens with zero attached hydrogens (tertiary/aromatic N) is 2. The van der Waals surface area contributed by atoms with Crippen molar-refractivity contribution in [2.75, 3.05) is 26.6 Å². The van der Waals surface area contributed by atoms with E-state index in [1.165, 1.54) is 12.1 Å². The number of rotatable bonds is 7. The van der Waals surface area contributed by atoms with Gasteiger partial charge in [-0.1, -0.05) is 36.4 Å². The molecule has 6 nitrogen and oxygen atoms in total. The number of allylic oxidation sites excluding steroid dienone is 1. The smallest absolute Gasteiger partial charge is 0.270 e. The van der Waals surface area contributed by atoms with Gasteiger partial charge in [-0.2, -0.15) is 0 Å². The number of hydrogen-bond acceptors (Lipinski definition) is 6. The van der Waals surface area contributed by atoms with E-state index in [9.17, 15) is 8.78 Å². The number of halogens is 2. The molecule has 1 aromatic heterocycles. The summed E-state index contributed by atoms with van der Waals surface area (Å²) >= 11 is 0. The van der Waals surface area contributed by atoms with E-state index >= 15 is 0 Å². The van der Waals surface area contributed by atoms with Crippen molar-refractivity contribution in [3.8, 4) is 17.2 Å². The Bertz CT molecular complexity index is 1130. The minimum atomic E-state index is -2.87. The van der Waals surface area contributed by atoms with Crippen molar-refractivity contribution in [2.45, 2.75) is 18.8 Å². The normalized spacial score (nSPS) is 14.8. The van der Waals surface area contributed by atoms with Gasteiger partial charge in [-0.25, -0.2) is 18.7 Å². The minimum Gasteiger partial charge on any atom is -0.493 e. The van der Waals surface area contributed by atoms with Crippen LogP contribution < -0.4 is 19.5 Å². The number of anilines is 2. The van der Waals surface area contributed by atoms with Gasteiger partial charge in [0.15, 0.2) is 11.5 Å². The Morgan fingerprint density at radius 2 is 1.62 bits per heavy atom. The molecule has 166 valence electrons. The van der Waals surface area contributed by atoms with Gasteiger partial charge < -0.3 is 19.5 Å². The van der Waals surface area contributed by atoms with E-state index in [-0.39, 0.29) is 11.5 Å². The van der Waals surface area contributed by atoms with Crippen LogP contribution >= 0.6 is 0 Å². The van der Waals surface area contributed by atoms with Gasteiger partial charge in [0.2, 0.25) is 11.7 Å². The Balaban J connectivity index is 1.63. The molecule has 0 radical (unpaired) electrons. The summed E-state index contributed by atoms with van der Waals surface area (Å²) in [4.78, 5) is 9.07. The first-order valence-corrected chi connectivity index (χ1v) is 9.94. The largest absolute Gasteiger partial charge is 0.493 e. The van der Waals surface area contributed by atoms with Crippen molar-refractivity contribution in [2.24, 2.45) is 0 Å². The first-order valence-electron chi connectivity index (χ1n) is 9.94. The first kappa shape index (κ1) is 21.5. The van der Waals surface area contributed by atoms with Gasteiger partial charge in [0.25, 0.3) is 5.92 Å². The zero-order valence-corrected chi connectivity index (χ0v) is 18.1. The Labute approximate surface area is 184 Å². The maximum absolute atomic E-state index is 13.5. The van der Waals surface area contributed by atoms with Crippen molar-refractivity contribution in [3.05, 3.63) is 71.1 Å². The van der Waals surface area contributed by atoms with Crippen LogP contribution in [0.5, 0.6) is 17.2 Å². The van der Waals surface area contributed by atoms with Gasteiger partial charge in [-0.15, -0.1) is 0 Å². The molecule has 0 amide bonds. The number of methoxy groups -OCH3 is 3. The van der Waals surface area contributed by atoms with E-state index in [1.54, 1.807) is 51.8 Å². The van der Waals surface area contributed by atoms with Crippen LogP contribution in [0.15, 0.2) is 48.7 Å². The second kappa shape index (κ2) is 8.45. The van der Waals surface area contributed by atoms with Gasteiger partial charge in [0.05, 0.1) is 27.0 Å². The molecule has 0 fully saturated rings. The van der Waals surface area contributed by atoms with Gasteiger partial charge in [0.1, 0.15) is 0 Å². The van der Waals surface area contributed by atoms with Crippen LogP contribution in [0.25, 0.3) is 6.08 Å². The fourth-order valence-electron chi connectivity index (χ4n) is 3.67. The number of alkyl halides is 2. The van der Waals surface area contributed by atoms with Crippen LogP contribution in [-0.4, -0.2) is 31.3 Å². The van der Waals surface area contributed by atoms with Gasteiger partial charge >= 0.3 is 0 Å². The molecule has 0 spiro atoms. The number of benzene rings is 2. The van der Waals surface area contributed by atoms with E-state index in [1.807, 2.05) is 12.2 Å². The van der Waals surface area contributed by atoms with Crippen LogP contribution in [0.1, 0.15) is 35.2 Å². The summed E-state index contributed by atoms with van der Waals surface area (Å²) in [5.41, 5.74) is 3.21. The van der Waals surface area contributed by atoms with Gasteiger partial charge in [-0.3, -0.25) is 0 Å². The van der Waals surface area contributed by atoms with Gasteiger partial charge in [-0.05, 0) is 5.56 Å². The monoisotopic (exact) mass is 439 g/mol. The lowest BCUT2D eigenvalue weighted by molar-refractivity contribution is 0.0174. The molecule has 0 saturated carbocycles. The molecular weight excluding hydrogens is 416 g/mol. The Morgan fingerprint density at radius 3 is 2.19 bits per heavy atom. The molecule has 32 heavy (non-hydrogen) atoms. The van der Waals surface area contributed by atoms with Crippen LogP contribution in [0.3, 0.4) is 0 Å². The third-order valence-electron chi connectivity index (χ3n) is 5.31. The Hall–Kier alpha value is -3.68. The summed E-state index contributed by atoms with van der Waals surface area (Å²) in [5.74, 6) is -1.13. The molecule has 3 aromatic rings. The fourth-order valence-corrected chi connectivity index (χ4v) is 3.67. The summed E-state index contributed by atoms with van der Waals surface area (Å²) in [7, 11) is 4.63. The zero-order chi connectivity index (χ0) is 22.9. The number of fused-ring (bicyclic) bond motifs is 1. The third-order valence-corrected chi connectivity index (χ3v) is 5.31. The summed E-state index contributed by atoms with van der Waals surface area (Å²) in [6.45, 7) is 0.890. The third kappa shape index (κ3) is 4.08. The number of ether oxygens (including phenoxy) is 3. The molecular formula is C24H23F2N3O3. The Kier molecular flexibility index (Phi) is 5.69. The second-order valence-electron chi connectivity index (χ2n) is 7.42. The molecule has 8 heteroatoms. The summed E-state index contributed by atoms with van der Waals surface area (Å²) in [5, 5.41) is 3.17. The summed E-state index contributed by atoms with van der Waals surface area (Å²) in [6, 6.07) is 9.86. The highest BCUT2D eigenvalue weighted by Gasteiger charge is 2.26. The lowest BCUT2D eigenvalue weighted by Crippen LogP contribution is -2.08. The average Bonchev–Trinajstić information content (AvgIpc) is 3.21. The Morgan fingerprint density at radius 1 is 0.969 bits per heavy atom. The van der Waals surface area contributed by atoms with Crippen molar-refractivity contribution >= 4 is 17.7 Å². The molecule has 1 aliphatic carbocycles. The van der Waals surface area contributed by atoms with Crippen LogP contribution in [0.4, 0.5) is 20.4 Å². The lowest BCUT2D eigenvalue weighted by Gasteiger charge is -2.16. The highest BCUT2D eigenvalue weighted by Crippen LogP contribution is 2.41. The quantitative estimate of drug-likeness (QED) is 0.523. The van der Waals surface area contributed by atoms with E-state index < -0.39 is 5.92 Å². The molecule has 4 rings (SSSR count). The molecule has 0 saturated heterocycles. The molecule has 0 bridgehead atoms. The van der Waals surface area contributed by atoms with E-state index in [2.05, 4.69) is 15.3 Å². The predicted molar refractivity (Wildman–Crippen MR) is 118 cm³/mol. The summed E-state index contributed by atoms with van der Waals surface area (Å²) in [6.07, 6.45) is 5.65. The maximum Gasteiger partial charge on any atom is 0.270 e. The highest BCUT2D eigenvalue weighted by molar-refractivity contribution is 5.67. The molecule has 1 N–H and O–H groups in total. The molecule has 1 unspecified atom stereocenters. The van der Waals surface area contributed by atoms with Crippen molar-refractivity contribution in [1.29, 1.82) is 0 Å². The van der Waals surface area contributed by atoms with E-state index in [0.29, 0.717) is 28.9 Å². The highest BCUT2D eigenvalue weighted by atomic mass is 19.3. The molecule has 2 aromatic carbocycles. The van der Waals surface area contributed by atoms with Gasteiger partial charge in [0, 0.05) is 48.0 Å². The second-order valence-corrected chi connectivity index (χ2v) is 7.42. The fraction of sp³-hybridized carbons (Fsp3) is 0.250. The SMILES string of the molecule is COc1cc(Nc2ncc3c(n2)C(c2ccc(C(C)(F)F)cc2)C=C3)cc(OC)c1OC. The zero-order valence-electron chi connectivity index (χ0n) is 18.1. The number of nitrogens with one attached hydrogen (secondary N) is 1. The number of aromatic nitrogens is 2. The average molecular weight is 439 g/mol. The number of hydrogen-bond donors (Lipinski definition) is 1. The first-order chi connectivity index (χ1) is 15.3. The van der Waals surface area contributed by atoms with Crippen molar-refractivity contribution < 1.29 is 23.0 Å². The van der Waals surface area contributed by atoms with E-state index in [4.69, 9.17) is 14.2 Å². The molecule has 1 atom stereocenters. The van der Waals surface area contributed by atoms with Crippen LogP contribution in [0, 0.1) is 0 Å².